The Morgan fingerprint density at radius 1 is 1.13 bits per heavy atom. The van der Waals surface area contributed by atoms with Crippen LogP contribution in [0, 0.1) is 6.92 Å². The third-order valence-corrected chi connectivity index (χ3v) is 3.59. The van der Waals surface area contributed by atoms with E-state index in [2.05, 4.69) is 10.6 Å². The van der Waals surface area contributed by atoms with Gasteiger partial charge in [0, 0.05) is 32.0 Å². The number of urea groups is 1. The third kappa shape index (κ3) is 4.64. The molecule has 0 spiro atoms. The smallest absolute Gasteiger partial charge is 0.319 e. The van der Waals surface area contributed by atoms with Gasteiger partial charge in [0.15, 0.2) is 0 Å². The molecule has 2 N–H and O–H groups in total. The molecule has 0 heterocycles. The Hall–Kier alpha value is -2.69. The van der Waals surface area contributed by atoms with Gasteiger partial charge in [-0.15, -0.1) is 0 Å². The van der Waals surface area contributed by atoms with Gasteiger partial charge in [0.2, 0.25) is 0 Å². The fraction of sp³-hybridized carbons (Fsp3) is 0.278. The molecule has 0 bridgehead atoms. The van der Waals surface area contributed by atoms with Crippen molar-refractivity contribution in [3.05, 3.63) is 53.6 Å². The molecule has 5 nitrogen and oxygen atoms in total. The van der Waals surface area contributed by atoms with Crippen molar-refractivity contribution < 1.29 is 9.53 Å². The van der Waals surface area contributed by atoms with E-state index in [1.54, 1.807) is 7.11 Å². The van der Waals surface area contributed by atoms with Crippen LogP contribution in [0.15, 0.2) is 42.5 Å². The molecule has 2 aromatic carbocycles. The lowest BCUT2D eigenvalue weighted by atomic mass is 10.1. The molecule has 2 amide bonds. The summed E-state index contributed by atoms with van der Waals surface area (Å²) in [5.74, 6) is 0.801. The number of aryl methyl sites for hydroxylation is 1. The first-order valence-corrected chi connectivity index (χ1v) is 7.45. The molecule has 0 unspecified atom stereocenters. The molecule has 0 aliphatic rings. The number of anilines is 2. The average Bonchev–Trinajstić information content (AvgIpc) is 2.55. The summed E-state index contributed by atoms with van der Waals surface area (Å²) in [6.45, 7) is 2.44. The lowest BCUT2D eigenvalue weighted by Crippen LogP contribution is -2.28. The van der Waals surface area contributed by atoms with Crippen molar-refractivity contribution >= 4 is 17.4 Å². The second kappa shape index (κ2) is 7.54. The summed E-state index contributed by atoms with van der Waals surface area (Å²) in [5, 5.41) is 5.72. The summed E-state index contributed by atoms with van der Waals surface area (Å²) in [6.07, 6.45) is 0. The summed E-state index contributed by atoms with van der Waals surface area (Å²) < 4.78 is 5.11. The maximum atomic E-state index is 12.0. The van der Waals surface area contributed by atoms with Gasteiger partial charge in [0.1, 0.15) is 5.75 Å². The number of carbonyl (C=O) groups is 1. The second-order valence-electron chi connectivity index (χ2n) is 5.55. The second-order valence-corrected chi connectivity index (χ2v) is 5.55. The Morgan fingerprint density at radius 3 is 2.39 bits per heavy atom. The Labute approximate surface area is 137 Å². The zero-order chi connectivity index (χ0) is 16.8. The molecule has 2 rings (SSSR count). The third-order valence-electron chi connectivity index (χ3n) is 3.59. The van der Waals surface area contributed by atoms with E-state index >= 15 is 0 Å². The van der Waals surface area contributed by atoms with Gasteiger partial charge in [-0.1, -0.05) is 12.1 Å². The highest BCUT2D eigenvalue weighted by molar-refractivity contribution is 5.90. The largest absolute Gasteiger partial charge is 0.497 e. The van der Waals surface area contributed by atoms with Crippen LogP contribution in [-0.2, 0) is 6.54 Å². The van der Waals surface area contributed by atoms with Crippen LogP contribution < -0.4 is 20.3 Å². The van der Waals surface area contributed by atoms with Crippen molar-refractivity contribution in [3.63, 3.8) is 0 Å². The molecule has 0 fully saturated rings. The Balaban J connectivity index is 1.91. The predicted octanol–water partition coefficient (Wildman–Crippen LogP) is 3.39. The van der Waals surface area contributed by atoms with Crippen molar-refractivity contribution in [3.8, 4) is 5.75 Å². The lowest BCUT2D eigenvalue weighted by molar-refractivity contribution is 0.251. The zero-order valence-corrected chi connectivity index (χ0v) is 14.0. The minimum absolute atomic E-state index is 0.221. The van der Waals surface area contributed by atoms with Gasteiger partial charge < -0.3 is 20.3 Å². The van der Waals surface area contributed by atoms with Gasteiger partial charge in [-0.3, -0.25) is 0 Å². The first kappa shape index (κ1) is 16.7. The van der Waals surface area contributed by atoms with E-state index < -0.39 is 0 Å². The van der Waals surface area contributed by atoms with E-state index in [1.165, 1.54) is 0 Å². The first-order valence-electron chi connectivity index (χ1n) is 7.45. The predicted molar refractivity (Wildman–Crippen MR) is 94.4 cm³/mol. The van der Waals surface area contributed by atoms with E-state index in [4.69, 9.17) is 4.74 Å². The zero-order valence-electron chi connectivity index (χ0n) is 14.0. The van der Waals surface area contributed by atoms with Gasteiger partial charge in [-0.05, 0) is 48.4 Å². The van der Waals surface area contributed by atoms with Gasteiger partial charge in [0.05, 0.1) is 7.11 Å². The van der Waals surface area contributed by atoms with Crippen molar-refractivity contribution in [2.45, 2.75) is 13.5 Å². The van der Waals surface area contributed by atoms with E-state index in [1.807, 2.05) is 68.4 Å². The van der Waals surface area contributed by atoms with E-state index in [0.29, 0.717) is 6.54 Å². The van der Waals surface area contributed by atoms with Crippen molar-refractivity contribution in [1.29, 1.82) is 0 Å². The molecule has 122 valence electrons. The maximum absolute atomic E-state index is 12.0. The Morgan fingerprint density at radius 2 is 1.83 bits per heavy atom. The number of ether oxygens (including phenoxy) is 1. The molecule has 0 aromatic heterocycles. The minimum Gasteiger partial charge on any atom is -0.497 e. The summed E-state index contributed by atoms with van der Waals surface area (Å²) in [6, 6.07) is 13.3. The van der Waals surface area contributed by atoms with Gasteiger partial charge >= 0.3 is 6.03 Å². The molecular weight excluding hydrogens is 290 g/mol. The molecular formula is C18H23N3O2. The van der Waals surface area contributed by atoms with Gasteiger partial charge in [-0.25, -0.2) is 4.79 Å². The number of nitrogens with zero attached hydrogens (tertiary/aromatic N) is 1. The van der Waals surface area contributed by atoms with Crippen molar-refractivity contribution in [1.82, 2.24) is 5.32 Å². The average molecular weight is 313 g/mol. The van der Waals surface area contributed by atoms with Crippen LogP contribution in [-0.4, -0.2) is 27.2 Å². The number of hydrogen-bond donors (Lipinski definition) is 2. The first-order chi connectivity index (χ1) is 11.0. The lowest BCUT2D eigenvalue weighted by Gasteiger charge is -2.16. The molecule has 5 heteroatoms. The number of benzene rings is 2. The molecule has 2 aromatic rings. The SMILES string of the molecule is COc1ccc(CNC(=O)Nc2ccc(N(C)C)cc2C)cc1. The fourth-order valence-electron chi connectivity index (χ4n) is 2.16. The molecule has 0 saturated carbocycles. The van der Waals surface area contributed by atoms with Crippen LogP contribution in [0.2, 0.25) is 0 Å². The summed E-state index contributed by atoms with van der Waals surface area (Å²) in [4.78, 5) is 14.1. The monoisotopic (exact) mass is 313 g/mol. The highest BCUT2D eigenvalue weighted by Gasteiger charge is 2.06. The van der Waals surface area contributed by atoms with Gasteiger partial charge in [0.25, 0.3) is 0 Å². The number of rotatable bonds is 5. The number of carbonyl (C=O) groups excluding carboxylic acids is 1. The van der Waals surface area contributed by atoms with Gasteiger partial charge in [-0.2, -0.15) is 0 Å². The van der Waals surface area contributed by atoms with E-state index in [9.17, 15) is 4.79 Å². The van der Waals surface area contributed by atoms with Crippen LogP contribution in [0.25, 0.3) is 0 Å². The molecule has 0 atom stereocenters. The molecule has 0 radical (unpaired) electrons. The number of nitrogens with one attached hydrogen (secondary N) is 2. The van der Waals surface area contributed by atoms with E-state index in [0.717, 1.165) is 28.3 Å². The van der Waals surface area contributed by atoms with Crippen LogP contribution in [0.5, 0.6) is 5.75 Å². The van der Waals surface area contributed by atoms with Crippen LogP contribution in [0.4, 0.5) is 16.2 Å². The highest BCUT2D eigenvalue weighted by Crippen LogP contribution is 2.21. The number of hydrogen-bond acceptors (Lipinski definition) is 3. The molecule has 0 aliphatic carbocycles. The normalized spacial score (nSPS) is 10.1. The maximum Gasteiger partial charge on any atom is 0.319 e. The van der Waals surface area contributed by atoms with Crippen molar-refractivity contribution in [2.24, 2.45) is 0 Å². The number of amides is 2. The van der Waals surface area contributed by atoms with Crippen LogP contribution >= 0.6 is 0 Å². The molecule has 0 aliphatic heterocycles. The van der Waals surface area contributed by atoms with Crippen LogP contribution in [0.1, 0.15) is 11.1 Å². The topological polar surface area (TPSA) is 53.6 Å². The quantitative estimate of drug-likeness (QED) is 0.889. The highest BCUT2D eigenvalue weighted by atomic mass is 16.5. The summed E-state index contributed by atoms with van der Waals surface area (Å²) >= 11 is 0. The minimum atomic E-state index is -0.221. The molecule has 23 heavy (non-hydrogen) atoms. The number of methoxy groups -OCH3 is 1. The van der Waals surface area contributed by atoms with Crippen LogP contribution in [0.3, 0.4) is 0 Å². The standard InChI is InChI=1S/C18H23N3O2/c1-13-11-15(21(2)3)7-10-17(13)20-18(22)19-12-14-5-8-16(23-4)9-6-14/h5-11H,12H2,1-4H3,(H2,19,20,22). The Bertz CT molecular complexity index is 666. The summed E-state index contributed by atoms with van der Waals surface area (Å²) in [7, 11) is 5.61. The van der Waals surface area contributed by atoms with Crippen molar-refractivity contribution in [2.75, 3.05) is 31.4 Å². The summed E-state index contributed by atoms with van der Waals surface area (Å²) in [5.41, 5.74) is 3.95. The Kier molecular flexibility index (Phi) is 5.46. The molecule has 0 saturated heterocycles. The van der Waals surface area contributed by atoms with E-state index in [-0.39, 0.29) is 6.03 Å². The fourth-order valence-corrected chi connectivity index (χ4v) is 2.16.